The van der Waals surface area contributed by atoms with Gasteiger partial charge in [-0.3, -0.25) is 9.69 Å². The van der Waals surface area contributed by atoms with E-state index in [0.717, 1.165) is 25.2 Å². The van der Waals surface area contributed by atoms with Gasteiger partial charge in [0, 0.05) is 37.1 Å². The molecule has 0 spiro atoms. The number of carbonyl (C=O) groups is 2. The van der Waals surface area contributed by atoms with Crippen molar-refractivity contribution in [3.8, 4) is 0 Å². The van der Waals surface area contributed by atoms with Crippen LogP contribution in [0.4, 0.5) is 16.2 Å². The summed E-state index contributed by atoms with van der Waals surface area (Å²) in [4.78, 5) is 28.1. The molecule has 0 bridgehead atoms. The second-order valence-electron chi connectivity index (χ2n) is 6.99. The second-order valence-corrected chi connectivity index (χ2v) is 6.99. The molecule has 0 radical (unpaired) electrons. The molecule has 1 fully saturated rings. The highest BCUT2D eigenvalue weighted by Crippen LogP contribution is 2.22. The van der Waals surface area contributed by atoms with Crippen molar-refractivity contribution in [1.82, 2.24) is 4.90 Å². The van der Waals surface area contributed by atoms with E-state index in [0.29, 0.717) is 17.2 Å². The molecule has 1 aliphatic heterocycles. The molecule has 1 heterocycles. The molecular weight excluding hydrogens is 326 g/mol. The van der Waals surface area contributed by atoms with Gasteiger partial charge < -0.3 is 10.2 Å². The number of nitrogens with zero attached hydrogens (tertiary/aromatic N) is 2. The molecule has 2 aromatic rings. The molecule has 3 rings (SSSR count). The maximum absolute atomic E-state index is 12.4. The maximum Gasteiger partial charge on any atom is 0.324 e. The highest BCUT2D eigenvalue weighted by molar-refractivity contribution is 6.04. The van der Waals surface area contributed by atoms with Gasteiger partial charge in [-0.05, 0) is 54.3 Å². The number of anilines is 2. The van der Waals surface area contributed by atoms with E-state index >= 15 is 0 Å². The molecular formula is C21H25N3O2. The Balaban J connectivity index is 1.67. The third-order valence-electron chi connectivity index (χ3n) is 4.71. The van der Waals surface area contributed by atoms with Gasteiger partial charge in [0.25, 0.3) is 5.91 Å². The Hall–Kier alpha value is -2.82. The Bertz CT molecular complexity index is 782. The van der Waals surface area contributed by atoms with E-state index in [1.165, 1.54) is 5.56 Å². The summed E-state index contributed by atoms with van der Waals surface area (Å²) in [5, 5.41) is 2.90. The minimum Gasteiger partial charge on any atom is -0.327 e. The van der Waals surface area contributed by atoms with Crippen molar-refractivity contribution in [2.75, 3.05) is 30.4 Å². The Morgan fingerprint density at radius 1 is 1.00 bits per heavy atom. The Morgan fingerprint density at radius 3 is 2.27 bits per heavy atom. The summed E-state index contributed by atoms with van der Waals surface area (Å²) < 4.78 is 0. The number of carbonyl (C=O) groups excluding carboxylic acids is 2. The lowest BCUT2D eigenvalue weighted by Gasteiger charge is -2.33. The first-order valence-electron chi connectivity index (χ1n) is 8.99. The van der Waals surface area contributed by atoms with E-state index in [2.05, 4.69) is 19.2 Å². The van der Waals surface area contributed by atoms with Crippen LogP contribution in [0.15, 0.2) is 48.5 Å². The predicted octanol–water partition coefficient (Wildman–Crippen LogP) is 4.32. The SMILES string of the molecule is CC(C)c1ccc(C(=O)Nc2ccc(N3CCCN(C)C3=O)cc2)cc1. The summed E-state index contributed by atoms with van der Waals surface area (Å²) in [5.74, 6) is 0.304. The van der Waals surface area contributed by atoms with Crippen LogP contribution >= 0.6 is 0 Å². The van der Waals surface area contributed by atoms with Crippen molar-refractivity contribution < 1.29 is 9.59 Å². The number of rotatable bonds is 4. The Morgan fingerprint density at radius 2 is 1.65 bits per heavy atom. The van der Waals surface area contributed by atoms with E-state index in [1.54, 1.807) is 9.80 Å². The minimum absolute atomic E-state index is 0.0123. The third-order valence-corrected chi connectivity index (χ3v) is 4.71. The molecule has 0 unspecified atom stereocenters. The number of amides is 3. The average molecular weight is 351 g/mol. The number of urea groups is 1. The largest absolute Gasteiger partial charge is 0.327 e. The van der Waals surface area contributed by atoms with Gasteiger partial charge in [-0.25, -0.2) is 4.79 Å². The van der Waals surface area contributed by atoms with Gasteiger partial charge in [0.1, 0.15) is 0 Å². The maximum atomic E-state index is 12.4. The molecule has 136 valence electrons. The van der Waals surface area contributed by atoms with Crippen molar-refractivity contribution in [3.05, 3.63) is 59.7 Å². The van der Waals surface area contributed by atoms with Crippen molar-refractivity contribution in [2.24, 2.45) is 0 Å². The van der Waals surface area contributed by atoms with Crippen LogP contribution in [0.2, 0.25) is 0 Å². The zero-order valence-electron chi connectivity index (χ0n) is 15.5. The molecule has 1 saturated heterocycles. The molecule has 0 atom stereocenters. The van der Waals surface area contributed by atoms with E-state index in [4.69, 9.17) is 0 Å². The standard InChI is InChI=1S/C21H25N3O2/c1-15(2)16-5-7-17(8-6-16)20(25)22-18-9-11-19(12-10-18)24-14-4-13-23(3)21(24)26/h5-12,15H,4,13-14H2,1-3H3,(H,22,25). The number of benzene rings is 2. The summed E-state index contributed by atoms with van der Waals surface area (Å²) in [5.41, 5.74) is 3.40. The third kappa shape index (κ3) is 3.87. The predicted molar refractivity (Wildman–Crippen MR) is 105 cm³/mol. The monoisotopic (exact) mass is 351 g/mol. The first kappa shape index (κ1) is 18.0. The first-order valence-corrected chi connectivity index (χ1v) is 8.99. The number of hydrogen-bond donors (Lipinski definition) is 1. The molecule has 5 nitrogen and oxygen atoms in total. The van der Waals surface area contributed by atoms with E-state index in [1.807, 2.05) is 55.6 Å². The zero-order chi connectivity index (χ0) is 18.7. The van der Waals surface area contributed by atoms with Gasteiger partial charge in [0.2, 0.25) is 0 Å². The topological polar surface area (TPSA) is 52.7 Å². The van der Waals surface area contributed by atoms with E-state index in [-0.39, 0.29) is 11.9 Å². The van der Waals surface area contributed by atoms with Crippen molar-refractivity contribution in [2.45, 2.75) is 26.2 Å². The Labute approximate surface area is 154 Å². The van der Waals surface area contributed by atoms with Gasteiger partial charge in [-0.2, -0.15) is 0 Å². The lowest BCUT2D eigenvalue weighted by atomic mass is 10.0. The van der Waals surface area contributed by atoms with Crippen molar-refractivity contribution in [3.63, 3.8) is 0 Å². The molecule has 0 aliphatic carbocycles. The smallest absolute Gasteiger partial charge is 0.324 e. The van der Waals surface area contributed by atoms with Crippen molar-refractivity contribution in [1.29, 1.82) is 0 Å². The van der Waals surface area contributed by atoms with Gasteiger partial charge in [0.15, 0.2) is 0 Å². The normalized spacial score (nSPS) is 14.7. The van der Waals surface area contributed by atoms with Crippen LogP contribution in [-0.4, -0.2) is 37.0 Å². The zero-order valence-corrected chi connectivity index (χ0v) is 15.5. The quantitative estimate of drug-likeness (QED) is 0.892. The summed E-state index contributed by atoms with van der Waals surface area (Å²) in [7, 11) is 1.81. The Kier molecular flexibility index (Phi) is 5.26. The number of nitrogens with one attached hydrogen (secondary N) is 1. The summed E-state index contributed by atoms with van der Waals surface area (Å²) in [6.45, 7) is 5.76. The van der Waals surface area contributed by atoms with Crippen LogP contribution in [0.3, 0.4) is 0 Å². The lowest BCUT2D eigenvalue weighted by Crippen LogP contribution is -2.47. The summed E-state index contributed by atoms with van der Waals surface area (Å²) in [6.07, 6.45) is 0.951. The molecule has 1 aliphatic rings. The van der Waals surface area contributed by atoms with Crippen LogP contribution < -0.4 is 10.2 Å². The van der Waals surface area contributed by atoms with Gasteiger partial charge in [-0.15, -0.1) is 0 Å². The van der Waals surface area contributed by atoms with Crippen LogP contribution in [0.1, 0.15) is 42.1 Å². The van der Waals surface area contributed by atoms with Crippen LogP contribution in [0.5, 0.6) is 0 Å². The molecule has 1 N–H and O–H groups in total. The van der Waals surface area contributed by atoms with E-state index in [9.17, 15) is 9.59 Å². The highest BCUT2D eigenvalue weighted by Gasteiger charge is 2.23. The van der Waals surface area contributed by atoms with Crippen LogP contribution in [-0.2, 0) is 0 Å². The first-order chi connectivity index (χ1) is 12.5. The average Bonchev–Trinajstić information content (AvgIpc) is 2.65. The van der Waals surface area contributed by atoms with Crippen LogP contribution in [0.25, 0.3) is 0 Å². The summed E-state index contributed by atoms with van der Waals surface area (Å²) in [6, 6.07) is 15.1. The lowest BCUT2D eigenvalue weighted by molar-refractivity contribution is 0.102. The summed E-state index contributed by atoms with van der Waals surface area (Å²) >= 11 is 0. The van der Waals surface area contributed by atoms with E-state index < -0.39 is 0 Å². The fourth-order valence-corrected chi connectivity index (χ4v) is 3.05. The van der Waals surface area contributed by atoms with Crippen LogP contribution in [0, 0.1) is 0 Å². The fraction of sp³-hybridized carbons (Fsp3) is 0.333. The highest BCUT2D eigenvalue weighted by atomic mass is 16.2. The molecule has 0 saturated carbocycles. The minimum atomic E-state index is -0.137. The van der Waals surface area contributed by atoms with Gasteiger partial charge in [-0.1, -0.05) is 26.0 Å². The molecule has 0 aromatic heterocycles. The van der Waals surface area contributed by atoms with Gasteiger partial charge >= 0.3 is 6.03 Å². The van der Waals surface area contributed by atoms with Crippen molar-refractivity contribution >= 4 is 23.3 Å². The molecule has 5 heteroatoms. The fourth-order valence-electron chi connectivity index (χ4n) is 3.05. The van der Waals surface area contributed by atoms with Gasteiger partial charge in [0.05, 0.1) is 0 Å². The molecule has 2 aromatic carbocycles. The second kappa shape index (κ2) is 7.60. The molecule has 26 heavy (non-hydrogen) atoms. The number of hydrogen-bond acceptors (Lipinski definition) is 2. The molecule has 3 amide bonds.